The van der Waals surface area contributed by atoms with E-state index < -0.39 is 6.04 Å². The quantitative estimate of drug-likeness (QED) is 0.400. The number of H-pyrrole nitrogens is 1. The van der Waals surface area contributed by atoms with E-state index in [0.29, 0.717) is 49.9 Å². The number of anilines is 1. The molecule has 0 radical (unpaired) electrons. The first-order valence-electron chi connectivity index (χ1n) is 12.3. The highest BCUT2D eigenvalue weighted by Gasteiger charge is 2.32. The van der Waals surface area contributed by atoms with E-state index in [2.05, 4.69) is 15.2 Å². The van der Waals surface area contributed by atoms with Gasteiger partial charge >= 0.3 is 0 Å². The summed E-state index contributed by atoms with van der Waals surface area (Å²) in [5, 5.41) is 4.10. The maximum atomic E-state index is 13.6. The van der Waals surface area contributed by atoms with Crippen LogP contribution in [0.2, 0.25) is 0 Å². The lowest BCUT2D eigenvalue weighted by atomic mass is 10.0. The van der Waals surface area contributed by atoms with Crippen LogP contribution in [0.15, 0.2) is 84.9 Å². The van der Waals surface area contributed by atoms with Gasteiger partial charge < -0.3 is 19.9 Å². The average Bonchev–Trinajstić information content (AvgIpc) is 3.35. The monoisotopic (exact) mass is 482 g/mol. The van der Waals surface area contributed by atoms with Crippen molar-refractivity contribution in [1.82, 2.24) is 14.8 Å². The fourth-order valence-corrected chi connectivity index (χ4v) is 4.76. The number of nitrogens with zero attached hydrogens (tertiary/aromatic N) is 2. The zero-order valence-electron chi connectivity index (χ0n) is 20.3. The Labute approximate surface area is 210 Å². The molecule has 3 aromatic carbocycles. The minimum absolute atomic E-state index is 0.0165. The summed E-state index contributed by atoms with van der Waals surface area (Å²) in [6.07, 6.45) is 0. The van der Waals surface area contributed by atoms with Crippen LogP contribution >= 0.6 is 0 Å². The highest BCUT2D eigenvalue weighted by Crippen LogP contribution is 2.28. The first-order chi connectivity index (χ1) is 17.6. The molecule has 7 nitrogen and oxygen atoms in total. The van der Waals surface area contributed by atoms with Crippen molar-refractivity contribution in [3.8, 4) is 5.75 Å². The molecular formula is C29H30N4O3. The van der Waals surface area contributed by atoms with E-state index >= 15 is 0 Å². The van der Waals surface area contributed by atoms with Crippen molar-refractivity contribution in [3.63, 3.8) is 0 Å². The second-order valence-electron chi connectivity index (χ2n) is 8.83. The van der Waals surface area contributed by atoms with Crippen molar-refractivity contribution in [2.45, 2.75) is 13.0 Å². The summed E-state index contributed by atoms with van der Waals surface area (Å²) in [5.74, 6) is 0.509. The van der Waals surface area contributed by atoms with Crippen LogP contribution in [0.4, 0.5) is 5.69 Å². The maximum Gasteiger partial charge on any atom is 0.270 e. The Balaban J connectivity index is 1.32. The van der Waals surface area contributed by atoms with Gasteiger partial charge in [0, 0.05) is 37.1 Å². The van der Waals surface area contributed by atoms with Crippen LogP contribution in [-0.2, 0) is 4.79 Å². The topological polar surface area (TPSA) is 77.7 Å². The molecule has 2 heterocycles. The summed E-state index contributed by atoms with van der Waals surface area (Å²) in [6.45, 7) is 4.70. The minimum atomic E-state index is -0.480. The molecule has 0 saturated carbocycles. The molecule has 1 saturated heterocycles. The summed E-state index contributed by atoms with van der Waals surface area (Å²) in [6, 6.07) is 26.5. The zero-order valence-corrected chi connectivity index (χ0v) is 20.3. The van der Waals surface area contributed by atoms with Gasteiger partial charge in [-0.05, 0) is 36.8 Å². The van der Waals surface area contributed by atoms with E-state index in [1.54, 1.807) is 0 Å². The Morgan fingerprint density at radius 2 is 1.61 bits per heavy atom. The smallest absolute Gasteiger partial charge is 0.270 e. The molecule has 184 valence electrons. The Morgan fingerprint density at radius 3 is 2.36 bits per heavy atom. The number of fused-ring (bicyclic) bond motifs is 1. The normalized spacial score (nSPS) is 15.0. The highest BCUT2D eigenvalue weighted by molar-refractivity contribution is 5.98. The molecule has 1 aliphatic heterocycles. The van der Waals surface area contributed by atoms with E-state index in [1.807, 2.05) is 96.8 Å². The Hall–Kier alpha value is -4.10. The molecule has 4 aromatic rings. The lowest BCUT2D eigenvalue weighted by Crippen LogP contribution is -2.51. The van der Waals surface area contributed by atoms with Gasteiger partial charge in [0.1, 0.15) is 17.5 Å². The summed E-state index contributed by atoms with van der Waals surface area (Å²) in [4.78, 5) is 34.0. The number of hydrogen-bond donors (Lipinski definition) is 2. The van der Waals surface area contributed by atoms with E-state index in [1.165, 1.54) is 0 Å². The van der Waals surface area contributed by atoms with Crippen LogP contribution < -0.4 is 10.1 Å². The average molecular weight is 483 g/mol. The van der Waals surface area contributed by atoms with Crippen LogP contribution in [0.5, 0.6) is 5.75 Å². The van der Waals surface area contributed by atoms with Crippen molar-refractivity contribution in [2.24, 2.45) is 0 Å². The number of aromatic nitrogens is 1. The van der Waals surface area contributed by atoms with Crippen molar-refractivity contribution in [1.29, 1.82) is 0 Å². The van der Waals surface area contributed by atoms with Gasteiger partial charge in [0.2, 0.25) is 5.91 Å². The third-order valence-electron chi connectivity index (χ3n) is 6.54. The molecule has 5 rings (SSSR count). The SMILES string of the molecule is CCOc1ccccc1NC(=O)C(c1ccccc1)N1CCN(C(=O)c2cc3ccccc3[nH]2)CC1. The van der Waals surface area contributed by atoms with Crippen molar-refractivity contribution in [3.05, 3.63) is 96.2 Å². The predicted molar refractivity (Wildman–Crippen MR) is 141 cm³/mol. The van der Waals surface area contributed by atoms with Crippen molar-refractivity contribution in [2.75, 3.05) is 38.1 Å². The third kappa shape index (κ3) is 4.97. The van der Waals surface area contributed by atoms with E-state index in [0.717, 1.165) is 16.5 Å². The van der Waals surface area contributed by atoms with Gasteiger partial charge in [-0.3, -0.25) is 14.5 Å². The number of hydrogen-bond acceptors (Lipinski definition) is 4. The number of para-hydroxylation sites is 3. The number of rotatable bonds is 7. The fourth-order valence-electron chi connectivity index (χ4n) is 4.76. The molecule has 0 bridgehead atoms. The molecule has 1 atom stereocenters. The summed E-state index contributed by atoms with van der Waals surface area (Å²) < 4.78 is 5.70. The van der Waals surface area contributed by atoms with Crippen molar-refractivity contribution >= 4 is 28.4 Å². The van der Waals surface area contributed by atoms with Crippen LogP contribution in [0.3, 0.4) is 0 Å². The molecule has 2 N–H and O–H groups in total. The molecular weight excluding hydrogens is 452 g/mol. The van der Waals surface area contributed by atoms with Gasteiger partial charge in [-0.25, -0.2) is 0 Å². The molecule has 0 aliphatic carbocycles. The predicted octanol–water partition coefficient (Wildman–Crippen LogP) is 4.70. The highest BCUT2D eigenvalue weighted by atomic mass is 16.5. The fraction of sp³-hybridized carbons (Fsp3) is 0.241. The number of nitrogens with one attached hydrogen (secondary N) is 2. The second-order valence-corrected chi connectivity index (χ2v) is 8.83. The van der Waals surface area contributed by atoms with E-state index in [9.17, 15) is 9.59 Å². The van der Waals surface area contributed by atoms with Crippen LogP contribution in [0, 0.1) is 0 Å². The number of amides is 2. The summed E-state index contributed by atoms with van der Waals surface area (Å²) >= 11 is 0. The zero-order chi connectivity index (χ0) is 24.9. The number of carbonyl (C=O) groups is 2. The first kappa shape index (κ1) is 23.6. The van der Waals surface area contributed by atoms with Crippen LogP contribution in [0.1, 0.15) is 29.0 Å². The van der Waals surface area contributed by atoms with E-state index in [-0.39, 0.29) is 11.8 Å². The molecule has 2 amide bonds. The first-order valence-corrected chi connectivity index (χ1v) is 12.3. The third-order valence-corrected chi connectivity index (χ3v) is 6.54. The second kappa shape index (κ2) is 10.7. The number of piperazine rings is 1. The Morgan fingerprint density at radius 1 is 0.917 bits per heavy atom. The molecule has 7 heteroatoms. The van der Waals surface area contributed by atoms with Gasteiger partial charge in [-0.2, -0.15) is 0 Å². The van der Waals surface area contributed by atoms with Gasteiger partial charge in [0.05, 0.1) is 12.3 Å². The molecule has 1 unspecified atom stereocenters. The summed E-state index contributed by atoms with van der Waals surface area (Å²) in [5.41, 5.74) is 3.11. The molecule has 1 fully saturated rings. The van der Waals surface area contributed by atoms with Gasteiger partial charge in [0.15, 0.2) is 0 Å². The van der Waals surface area contributed by atoms with Crippen LogP contribution in [-0.4, -0.2) is 59.4 Å². The van der Waals surface area contributed by atoms with Gasteiger partial charge in [-0.15, -0.1) is 0 Å². The number of ether oxygens (including phenoxy) is 1. The maximum absolute atomic E-state index is 13.6. The Kier molecular flexibility index (Phi) is 7.00. The van der Waals surface area contributed by atoms with Crippen LogP contribution in [0.25, 0.3) is 10.9 Å². The molecule has 1 aliphatic rings. The number of aromatic amines is 1. The largest absolute Gasteiger partial charge is 0.492 e. The standard InChI is InChI=1S/C29H30N4O3/c1-2-36-26-15-9-8-14-24(26)31-28(34)27(21-10-4-3-5-11-21)32-16-18-33(19-17-32)29(35)25-20-22-12-6-7-13-23(22)30-25/h3-15,20,27,30H,2,16-19H2,1H3,(H,31,34). The molecule has 36 heavy (non-hydrogen) atoms. The van der Waals surface area contributed by atoms with Crippen molar-refractivity contribution < 1.29 is 14.3 Å². The summed E-state index contributed by atoms with van der Waals surface area (Å²) in [7, 11) is 0. The van der Waals surface area contributed by atoms with E-state index in [4.69, 9.17) is 4.74 Å². The number of carbonyl (C=O) groups excluding carboxylic acids is 2. The molecule has 0 spiro atoms. The minimum Gasteiger partial charge on any atom is -0.492 e. The lowest BCUT2D eigenvalue weighted by Gasteiger charge is -2.38. The van der Waals surface area contributed by atoms with Gasteiger partial charge in [0.25, 0.3) is 5.91 Å². The lowest BCUT2D eigenvalue weighted by molar-refractivity contribution is -0.122. The van der Waals surface area contributed by atoms with Gasteiger partial charge in [-0.1, -0.05) is 60.7 Å². The Bertz CT molecular complexity index is 1310. The number of benzene rings is 3. The molecule has 1 aromatic heterocycles.